The highest BCUT2D eigenvalue weighted by Gasteiger charge is 2.04. The Morgan fingerprint density at radius 2 is 1.76 bits per heavy atom. The zero-order valence-electron chi connectivity index (χ0n) is 9.26. The minimum atomic E-state index is 0.406. The van der Waals surface area contributed by atoms with E-state index in [0.29, 0.717) is 5.75 Å². The second-order valence-corrected chi connectivity index (χ2v) is 5.09. The fraction of sp³-hybridized carbons (Fsp3) is 0.0667. The maximum atomic E-state index is 9.64. The van der Waals surface area contributed by atoms with E-state index < -0.39 is 0 Å². The highest BCUT2D eigenvalue weighted by atomic mass is 32.1. The lowest BCUT2D eigenvalue weighted by Gasteiger charge is -2.03. The van der Waals surface area contributed by atoms with E-state index in [4.69, 9.17) is 0 Å². The number of hydrogen-bond acceptors (Lipinski definition) is 2. The summed E-state index contributed by atoms with van der Waals surface area (Å²) < 4.78 is 0. The van der Waals surface area contributed by atoms with Crippen LogP contribution < -0.4 is 0 Å². The van der Waals surface area contributed by atoms with Crippen LogP contribution in [0.25, 0.3) is 10.8 Å². The van der Waals surface area contributed by atoms with Crippen molar-refractivity contribution in [3.05, 3.63) is 64.4 Å². The van der Waals surface area contributed by atoms with Gasteiger partial charge in [0.05, 0.1) is 4.88 Å². The summed E-state index contributed by atoms with van der Waals surface area (Å²) in [6.45, 7) is 0. The fourth-order valence-electron chi connectivity index (χ4n) is 2.00. The van der Waals surface area contributed by atoms with Crippen LogP contribution in [0, 0.1) is 0 Å². The summed E-state index contributed by atoms with van der Waals surface area (Å²) in [4.78, 5) is 1.03. The van der Waals surface area contributed by atoms with E-state index in [1.54, 1.807) is 17.4 Å². The van der Waals surface area contributed by atoms with Crippen LogP contribution in [-0.4, -0.2) is 5.11 Å². The number of thiophene rings is 1. The van der Waals surface area contributed by atoms with Gasteiger partial charge in [0.15, 0.2) is 0 Å². The zero-order chi connectivity index (χ0) is 11.7. The Balaban J connectivity index is 1.99. The van der Waals surface area contributed by atoms with Crippen molar-refractivity contribution in [3.63, 3.8) is 0 Å². The maximum absolute atomic E-state index is 9.64. The predicted octanol–water partition coefficient (Wildman–Crippen LogP) is 4.20. The van der Waals surface area contributed by atoms with Crippen LogP contribution in [0.4, 0.5) is 0 Å². The van der Waals surface area contributed by atoms with Crippen LogP contribution in [0.15, 0.2) is 53.9 Å². The molecule has 3 rings (SSSR count). The van der Waals surface area contributed by atoms with Gasteiger partial charge in [-0.2, -0.15) is 0 Å². The molecule has 0 radical (unpaired) electrons. The van der Waals surface area contributed by atoms with Gasteiger partial charge in [-0.25, -0.2) is 0 Å². The second-order valence-electron chi connectivity index (χ2n) is 4.09. The third kappa shape index (κ3) is 2.04. The molecule has 3 aromatic rings. The average Bonchev–Trinajstić information content (AvgIpc) is 2.75. The van der Waals surface area contributed by atoms with Crippen LogP contribution in [0.3, 0.4) is 0 Å². The molecule has 0 atom stereocenters. The molecule has 1 aromatic heterocycles. The Morgan fingerprint density at radius 1 is 0.941 bits per heavy atom. The summed E-state index contributed by atoms with van der Waals surface area (Å²) in [5, 5.41) is 14.1. The summed E-state index contributed by atoms with van der Waals surface area (Å²) in [6, 6.07) is 16.5. The van der Waals surface area contributed by atoms with E-state index >= 15 is 0 Å². The Hall–Kier alpha value is -1.80. The molecule has 0 fully saturated rings. The first-order valence-electron chi connectivity index (χ1n) is 5.56. The van der Waals surface area contributed by atoms with Crippen molar-refractivity contribution in [1.82, 2.24) is 0 Å². The largest absolute Gasteiger partial charge is 0.507 e. The molecule has 1 heterocycles. The van der Waals surface area contributed by atoms with Gasteiger partial charge in [0.2, 0.25) is 0 Å². The quantitative estimate of drug-likeness (QED) is 0.711. The van der Waals surface area contributed by atoms with Crippen molar-refractivity contribution >= 4 is 22.1 Å². The summed E-state index contributed by atoms with van der Waals surface area (Å²) >= 11 is 1.60. The standard InChI is InChI=1S/C15H12OS/c16-14-7-8-17-15(14)10-11-5-6-12-3-1-2-4-13(12)9-11/h1-9,16H,10H2. The van der Waals surface area contributed by atoms with Gasteiger partial charge in [-0.05, 0) is 27.8 Å². The normalized spacial score (nSPS) is 10.8. The van der Waals surface area contributed by atoms with Crippen LogP contribution in [0.5, 0.6) is 5.75 Å². The molecule has 84 valence electrons. The molecular formula is C15H12OS. The van der Waals surface area contributed by atoms with Crippen LogP contribution in [0.1, 0.15) is 10.4 Å². The second kappa shape index (κ2) is 4.22. The first kappa shape index (κ1) is 10.4. The Kier molecular flexibility index (Phi) is 2.57. The van der Waals surface area contributed by atoms with Crippen molar-refractivity contribution in [2.45, 2.75) is 6.42 Å². The van der Waals surface area contributed by atoms with Gasteiger partial charge in [-0.3, -0.25) is 0 Å². The van der Waals surface area contributed by atoms with Crippen molar-refractivity contribution < 1.29 is 5.11 Å². The highest BCUT2D eigenvalue weighted by molar-refractivity contribution is 7.10. The van der Waals surface area contributed by atoms with E-state index in [9.17, 15) is 5.11 Å². The van der Waals surface area contributed by atoms with Gasteiger partial charge in [0, 0.05) is 6.42 Å². The molecule has 0 saturated heterocycles. The molecule has 0 amide bonds. The van der Waals surface area contributed by atoms with Gasteiger partial charge in [0.1, 0.15) is 5.75 Å². The first-order chi connectivity index (χ1) is 8.33. The van der Waals surface area contributed by atoms with Crippen LogP contribution in [-0.2, 0) is 6.42 Å². The molecule has 17 heavy (non-hydrogen) atoms. The molecule has 0 spiro atoms. The molecule has 0 aliphatic rings. The topological polar surface area (TPSA) is 20.2 Å². The van der Waals surface area contributed by atoms with E-state index in [1.165, 1.54) is 16.3 Å². The molecule has 0 aliphatic carbocycles. The molecule has 0 bridgehead atoms. The van der Waals surface area contributed by atoms with Gasteiger partial charge in [-0.1, -0.05) is 42.5 Å². The summed E-state index contributed by atoms with van der Waals surface area (Å²) in [6.07, 6.45) is 0.800. The number of fused-ring (bicyclic) bond motifs is 1. The van der Waals surface area contributed by atoms with Gasteiger partial charge in [0.25, 0.3) is 0 Å². The smallest absolute Gasteiger partial charge is 0.129 e. The van der Waals surface area contributed by atoms with E-state index in [2.05, 4.69) is 36.4 Å². The van der Waals surface area contributed by atoms with Crippen molar-refractivity contribution in [3.8, 4) is 5.75 Å². The molecule has 1 N–H and O–H groups in total. The molecule has 0 unspecified atom stereocenters. The molecule has 0 saturated carbocycles. The molecule has 0 aliphatic heterocycles. The minimum absolute atomic E-state index is 0.406. The third-order valence-corrected chi connectivity index (χ3v) is 3.81. The molecule has 2 aromatic carbocycles. The summed E-state index contributed by atoms with van der Waals surface area (Å²) in [5.41, 5.74) is 1.24. The molecule has 1 nitrogen and oxygen atoms in total. The number of aromatic hydroxyl groups is 1. The van der Waals surface area contributed by atoms with E-state index in [0.717, 1.165) is 11.3 Å². The summed E-state index contributed by atoms with van der Waals surface area (Å²) in [7, 11) is 0. The monoisotopic (exact) mass is 240 g/mol. The predicted molar refractivity (Wildman–Crippen MR) is 72.7 cm³/mol. The SMILES string of the molecule is Oc1ccsc1Cc1ccc2ccccc2c1. The lowest BCUT2D eigenvalue weighted by Crippen LogP contribution is -1.85. The van der Waals surface area contributed by atoms with Gasteiger partial charge in [-0.15, -0.1) is 11.3 Å². The van der Waals surface area contributed by atoms with Gasteiger partial charge >= 0.3 is 0 Å². The number of hydrogen-bond donors (Lipinski definition) is 1. The van der Waals surface area contributed by atoms with E-state index in [-0.39, 0.29) is 0 Å². The minimum Gasteiger partial charge on any atom is -0.507 e. The lowest BCUT2D eigenvalue weighted by molar-refractivity contribution is 0.473. The zero-order valence-corrected chi connectivity index (χ0v) is 10.1. The highest BCUT2D eigenvalue weighted by Crippen LogP contribution is 2.27. The van der Waals surface area contributed by atoms with Crippen molar-refractivity contribution in [2.75, 3.05) is 0 Å². The Labute approximate surface area is 104 Å². The van der Waals surface area contributed by atoms with Crippen molar-refractivity contribution in [2.24, 2.45) is 0 Å². The van der Waals surface area contributed by atoms with Crippen LogP contribution in [0.2, 0.25) is 0 Å². The fourth-order valence-corrected chi connectivity index (χ4v) is 2.80. The van der Waals surface area contributed by atoms with Gasteiger partial charge < -0.3 is 5.11 Å². The summed E-state index contributed by atoms with van der Waals surface area (Å²) in [5.74, 6) is 0.406. The lowest BCUT2D eigenvalue weighted by atomic mass is 10.0. The van der Waals surface area contributed by atoms with Crippen molar-refractivity contribution in [1.29, 1.82) is 0 Å². The molecule has 2 heteroatoms. The molecular weight excluding hydrogens is 228 g/mol. The Morgan fingerprint density at radius 3 is 2.53 bits per heavy atom. The number of benzene rings is 2. The number of rotatable bonds is 2. The van der Waals surface area contributed by atoms with E-state index in [1.807, 2.05) is 11.4 Å². The van der Waals surface area contributed by atoms with Crippen LogP contribution >= 0.6 is 11.3 Å². The first-order valence-corrected chi connectivity index (χ1v) is 6.44. The average molecular weight is 240 g/mol. The maximum Gasteiger partial charge on any atom is 0.129 e. The third-order valence-electron chi connectivity index (χ3n) is 2.90. The Bertz CT molecular complexity index is 655.